The van der Waals surface area contributed by atoms with Crippen LogP contribution in [0.25, 0.3) is 89.7 Å². The molecule has 11 aromatic rings. The van der Waals surface area contributed by atoms with E-state index in [0.29, 0.717) is 141 Å². The average Bonchev–Trinajstić information content (AvgIpc) is 1.56. The predicted molar refractivity (Wildman–Crippen MR) is 617 cm³/mol. The molecule has 64 radical (unpaired) electrons. The van der Waals surface area contributed by atoms with Gasteiger partial charge in [0, 0.05) is 288 Å². The maximum absolute atomic E-state index is 7.07. The van der Waals surface area contributed by atoms with Crippen LogP contribution < -0.4 is 28.9 Å². The third-order valence-electron chi connectivity index (χ3n) is 33.0. The van der Waals surface area contributed by atoms with Crippen LogP contribution in [0.4, 0.5) is 0 Å². The van der Waals surface area contributed by atoms with Crippen LogP contribution in [0.2, 0.25) is 87.4 Å². The maximum Gasteiger partial charge on any atom is 2.00 e. The van der Waals surface area contributed by atoms with Gasteiger partial charge in [0.2, 0.25) is 0 Å². The van der Waals surface area contributed by atoms with Crippen LogP contribution in [0.15, 0.2) is 146 Å². The molecule has 8 aromatic carbocycles. The van der Waals surface area contributed by atoms with Gasteiger partial charge in [0.15, 0.2) is 0 Å². The fourth-order valence-electron chi connectivity index (χ4n) is 23.9. The molecule has 0 aliphatic carbocycles. The maximum atomic E-state index is 7.07. The third kappa shape index (κ3) is 17.4. The molecule has 578 valence electrons. The Labute approximate surface area is 888 Å². The molecule has 0 amide bonds. The predicted octanol–water partition coefficient (Wildman–Crippen LogP) is -0.169. The molecule has 13 heterocycles. The van der Waals surface area contributed by atoms with Gasteiger partial charge in [0.05, 0.1) is 133 Å². The van der Waals surface area contributed by atoms with Crippen LogP contribution in [0.1, 0.15) is 44.5 Å². The standard InChI is InChI=1S/C80H48B48N8O4.Zn/c81-105-65-73(113-89,121(65)97)25-33-9-34(26-74(114-90)66(106-82)122(74)98)14-45(13-33)137-41-1-5-49-53(21-41)61-129-57(49)133-62-54-22-42(138-46-15-35(27-75(115-91)67(107-83)123(75)99)10-36(16-46)28-76(116-92)68(108-84)124(76)100)2-6-50(54)59(130-62)135-64-56-24-44(140-48-19-39(31-79(119-95)71(111-87)127(79)103)12-40(20-48)32-80(120-96)72(112-88)128(80)104)4-8-52(56)60(132-64)136-63-55-23-43(3-7-51(55)58(131-63)134-61)139-47-17-37(29-77(117-93)69(109-85)125(77)101)11-38(18-47)30-78(118-94)70(110-86)126(78)102;/h1-24,65-72H,25-32H2;/q-2;+2/i105+0,106+0,107+0,108+0,109+0,110+0,111+0,112+0,113+0,114+0,115+0,116+0,117+0,118+0,119+0,120+0,121+0,122+0,123+0,124+0,125+0,126+0,127+0,128+0;. The molecule has 141 heavy (non-hydrogen) atoms. The molecule has 0 saturated carbocycles. The summed E-state index contributed by atoms with van der Waals surface area (Å²) in [4.78, 5) is 43.5. The van der Waals surface area contributed by atoms with Crippen molar-refractivity contribution in [3.05, 3.63) is 190 Å². The second-order valence-electron chi connectivity index (χ2n) is 40.3. The van der Waals surface area contributed by atoms with Crippen molar-refractivity contribution in [2.75, 3.05) is 0 Å². The number of hydrogen-bond acceptors (Lipinski definition) is 10. The fraction of sp³-hybridized carbons (Fsp3) is 0.300. The molecule has 8 saturated heterocycles. The molecule has 8 fully saturated rings. The summed E-state index contributed by atoms with van der Waals surface area (Å²) in [6.07, 6.45) is 3.54. The van der Waals surface area contributed by atoms with Gasteiger partial charge in [0.25, 0.3) is 0 Å². The van der Waals surface area contributed by atoms with Crippen molar-refractivity contribution in [2.45, 2.75) is 139 Å². The smallest absolute Gasteiger partial charge is 0.457 e. The first kappa shape index (κ1) is 102. The molecular formula is C80H48B48N8O4Zn. The monoisotopic (exact) mass is 1780 g/mol. The van der Waals surface area contributed by atoms with E-state index in [0.717, 1.165) is 44.5 Å². The normalized spacial score (nSPS) is 27.1. The van der Waals surface area contributed by atoms with Crippen molar-refractivity contribution < 1.29 is 38.4 Å². The van der Waals surface area contributed by atoms with Gasteiger partial charge in [-0.05, 0) is 239 Å². The molecule has 12 nitrogen and oxygen atoms in total. The minimum atomic E-state index is -0.625. The van der Waals surface area contributed by atoms with Crippen molar-refractivity contribution in [3.8, 4) is 91.5 Å². The van der Waals surface area contributed by atoms with E-state index in [1.54, 1.807) is 115 Å². The minimum absolute atomic E-state index is 0. The van der Waals surface area contributed by atoms with Crippen LogP contribution in [0.3, 0.4) is 0 Å². The number of rotatable bonds is 40. The Hall–Kier alpha value is -5.94. The molecule has 8 bridgehead atoms. The van der Waals surface area contributed by atoms with Crippen LogP contribution in [0.5, 0.6) is 46.0 Å². The summed E-state index contributed by atoms with van der Waals surface area (Å²) in [5, 5.41) is -2.87. The summed E-state index contributed by atoms with van der Waals surface area (Å²) in [5.74, 6) is 4.42. The Kier molecular flexibility index (Phi) is 28.4. The summed E-state index contributed by atoms with van der Waals surface area (Å²) in [6.45, 7) is -2.56. The number of ether oxygens (including phenoxy) is 4. The van der Waals surface area contributed by atoms with Crippen molar-refractivity contribution >= 4 is 397 Å². The SMILES string of the molecule is [B][11B]C1[11B]([B])C1([11B][B])Cc1cc(CC2([11B][B])[11B]([B])C2[11B][B])cc(Oc2ccc3c(c2)-c2nc-3nc3[n-]c(nc4nc(nc5[n-]c(n2)c2ccc(Oc6cc(CC7([11B][B])[11B]([B])C7[11B][B])cc(CC7([11B][B])[11B]([B])C7[11B][B])c6)cc52)-c2ccc(Oc5cc(CC6([11B][B])[11B]([B])C6[11B][B])cc(CC6([11B][B])[11B]([B])C6[11B][B])c5)cc2-4)c2ccc(Oc4cc(CC5([11B][B])[11B]([B])C5[11B][B])cc(CC5([11B][B])[11B]([B])C5[11B][B])c4)cc32)c1.[Zn+2]. The molecule has 3 aromatic heterocycles. The first-order valence-corrected chi connectivity index (χ1v) is 47.0. The Balaban J connectivity index is 0.0000122. The Morgan fingerprint density at radius 1 is 0.220 bits per heavy atom. The van der Waals surface area contributed by atoms with E-state index >= 15 is 0 Å². The second kappa shape index (κ2) is 39.2. The van der Waals surface area contributed by atoms with E-state index in [2.05, 4.69) is 24.3 Å². The molecule has 21 rings (SSSR count). The minimum Gasteiger partial charge on any atom is -0.457 e. The van der Waals surface area contributed by atoms with E-state index in [9.17, 15) is 0 Å². The summed E-state index contributed by atoms with van der Waals surface area (Å²) in [7, 11) is 181. The Bertz CT molecular complexity index is 6330. The van der Waals surface area contributed by atoms with Gasteiger partial charge < -0.3 is 48.9 Å². The van der Waals surface area contributed by atoms with E-state index in [1.165, 1.54) is 0 Å². The van der Waals surface area contributed by atoms with Crippen molar-refractivity contribution in [3.63, 3.8) is 0 Å². The topological polar surface area (TPSA) is 142 Å². The third-order valence-corrected chi connectivity index (χ3v) is 33.0. The zero-order chi connectivity index (χ0) is 98.1. The Morgan fingerprint density at radius 2 is 0.404 bits per heavy atom. The molecule has 61 heteroatoms. The molecule has 16 unspecified atom stereocenters. The van der Waals surface area contributed by atoms with Crippen LogP contribution in [-0.2, 0) is 70.8 Å². The quantitative estimate of drug-likeness (QED) is 0.0472. The molecule has 16 atom stereocenters. The van der Waals surface area contributed by atoms with Gasteiger partial charge in [-0.1, -0.05) is 24.3 Å². The average molecular weight is 1770 g/mol. The molecule has 10 aliphatic rings. The number of hydrogen-bond donors (Lipinski definition) is 0. The van der Waals surface area contributed by atoms with Crippen molar-refractivity contribution in [1.29, 1.82) is 0 Å². The summed E-state index contributed by atoms with van der Waals surface area (Å²) in [6, 6.07) is 46.5. The molecule has 0 spiro atoms. The largest absolute Gasteiger partial charge is 2.00 e. The number of nitrogens with zero attached hydrogens (tertiary/aromatic N) is 8. The molecule has 0 N–H and O–H groups in total. The first-order valence-electron chi connectivity index (χ1n) is 47.0. The summed E-state index contributed by atoms with van der Waals surface area (Å²) in [5.41, 5.74) is 8.65. The van der Waals surface area contributed by atoms with Gasteiger partial charge in [-0.3, -0.25) is 0 Å². The number of fused-ring (bicyclic) bond motifs is 20. The van der Waals surface area contributed by atoms with Crippen molar-refractivity contribution in [1.82, 2.24) is 39.9 Å². The molecular weight excluding hydrogens is 1730 g/mol. The summed E-state index contributed by atoms with van der Waals surface area (Å²) < 4.78 is 28.3. The first-order chi connectivity index (χ1) is 67.5. The van der Waals surface area contributed by atoms with Crippen LogP contribution >= 0.6 is 0 Å². The van der Waals surface area contributed by atoms with E-state index in [1.807, 2.05) is 121 Å². The van der Waals surface area contributed by atoms with Crippen LogP contribution in [-0.4, -0.2) is 383 Å². The van der Waals surface area contributed by atoms with Gasteiger partial charge in [-0.2, -0.15) is 0 Å². The number of benzene rings is 8. The van der Waals surface area contributed by atoms with Crippen molar-refractivity contribution in [2.24, 2.45) is 0 Å². The second-order valence-corrected chi connectivity index (χ2v) is 40.3. The van der Waals surface area contributed by atoms with E-state index < -0.39 is 41.7 Å². The van der Waals surface area contributed by atoms with Crippen LogP contribution in [0, 0.1) is 0 Å². The number of aromatic nitrogens is 8. The van der Waals surface area contributed by atoms with Gasteiger partial charge in [-0.15, -0.1) is 87.4 Å². The zero-order valence-electron chi connectivity index (χ0n) is 77.8. The zero-order valence-corrected chi connectivity index (χ0v) is 80.7. The van der Waals surface area contributed by atoms with E-state index in [4.69, 9.17) is 245 Å². The van der Waals surface area contributed by atoms with Gasteiger partial charge >= 0.3 is 19.5 Å². The molecule has 10 aliphatic heterocycles. The summed E-state index contributed by atoms with van der Waals surface area (Å²) >= 11 is 0. The Morgan fingerprint density at radius 3 is 0.596 bits per heavy atom. The van der Waals surface area contributed by atoms with Gasteiger partial charge in [-0.25, -0.2) is 9.97 Å². The van der Waals surface area contributed by atoms with Gasteiger partial charge in [0.1, 0.15) is 46.0 Å². The fourth-order valence-corrected chi connectivity index (χ4v) is 23.9. The van der Waals surface area contributed by atoms with E-state index in [-0.39, 0.29) is 164 Å².